The van der Waals surface area contributed by atoms with E-state index < -0.39 is 0 Å². The van der Waals surface area contributed by atoms with Gasteiger partial charge in [0.2, 0.25) is 5.91 Å². The van der Waals surface area contributed by atoms with Crippen LogP contribution in [0.1, 0.15) is 5.56 Å². The zero-order valence-electron chi connectivity index (χ0n) is 11.2. The third-order valence-electron chi connectivity index (χ3n) is 2.65. The lowest BCUT2D eigenvalue weighted by Gasteiger charge is -2.08. The normalized spacial score (nSPS) is 10.5. The quantitative estimate of drug-likeness (QED) is 0.811. The molecule has 0 aliphatic rings. The van der Waals surface area contributed by atoms with Crippen LogP contribution in [0, 0.1) is 6.92 Å². The second kappa shape index (κ2) is 6.21. The molecule has 2 aromatic rings. The zero-order chi connectivity index (χ0) is 13.8. The van der Waals surface area contributed by atoms with Gasteiger partial charge in [0.15, 0.2) is 4.34 Å². The molecule has 100 valence electrons. The fourth-order valence-corrected chi connectivity index (χ4v) is 3.25. The number of hydrogen-bond donors (Lipinski definition) is 0. The van der Waals surface area contributed by atoms with Gasteiger partial charge in [0, 0.05) is 25.0 Å². The lowest BCUT2D eigenvalue weighted by atomic mass is 10.1. The number of aromatic nitrogens is 1. The monoisotopic (exact) mass is 292 g/mol. The average Bonchev–Trinajstić information content (AvgIpc) is 2.85. The molecule has 0 N–H and O–H groups in total. The molecule has 0 spiro atoms. The molecule has 0 fully saturated rings. The predicted octanol–water partition coefficient (Wildman–Crippen LogP) is 3.30. The van der Waals surface area contributed by atoms with Crippen molar-refractivity contribution in [3.8, 4) is 11.3 Å². The summed E-state index contributed by atoms with van der Waals surface area (Å²) in [6.07, 6.45) is 0. The molecule has 19 heavy (non-hydrogen) atoms. The molecule has 0 bridgehead atoms. The van der Waals surface area contributed by atoms with Crippen molar-refractivity contribution in [2.45, 2.75) is 11.3 Å². The van der Waals surface area contributed by atoms with Gasteiger partial charge < -0.3 is 4.90 Å². The lowest BCUT2D eigenvalue weighted by Crippen LogP contribution is -2.23. The maximum absolute atomic E-state index is 11.5. The third kappa shape index (κ3) is 3.81. The Morgan fingerprint density at radius 1 is 1.32 bits per heavy atom. The van der Waals surface area contributed by atoms with E-state index in [1.54, 1.807) is 30.3 Å². The van der Waals surface area contributed by atoms with Crippen LogP contribution in [0.5, 0.6) is 0 Å². The molecule has 5 heteroatoms. The van der Waals surface area contributed by atoms with Gasteiger partial charge >= 0.3 is 0 Å². The van der Waals surface area contributed by atoms with E-state index in [0.29, 0.717) is 5.75 Å². The molecule has 3 nitrogen and oxygen atoms in total. The van der Waals surface area contributed by atoms with Crippen LogP contribution in [0.4, 0.5) is 0 Å². The Bertz CT molecular complexity index is 561. The van der Waals surface area contributed by atoms with Gasteiger partial charge in [0.25, 0.3) is 0 Å². The molecule has 0 radical (unpaired) electrons. The van der Waals surface area contributed by atoms with E-state index in [-0.39, 0.29) is 5.91 Å². The number of carbonyl (C=O) groups is 1. The van der Waals surface area contributed by atoms with E-state index in [9.17, 15) is 4.79 Å². The summed E-state index contributed by atoms with van der Waals surface area (Å²) in [5.41, 5.74) is 3.34. The topological polar surface area (TPSA) is 33.2 Å². The largest absolute Gasteiger partial charge is 0.348 e. The first-order valence-corrected chi connectivity index (χ1v) is 7.78. The highest BCUT2D eigenvalue weighted by atomic mass is 32.2. The van der Waals surface area contributed by atoms with Crippen molar-refractivity contribution in [2.24, 2.45) is 0 Å². The highest BCUT2D eigenvalue weighted by Crippen LogP contribution is 2.28. The Labute approximate surface area is 121 Å². The molecule has 1 aromatic carbocycles. The van der Waals surface area contributed by atoms with Crippen molar-refractivity contribution in [2.75, 3.05) is 19.8 Å². The molecule has 0 saturated carbocycles. The summed E-state index contributed by atoms with van der Waals surface area (Å²) < 4.78 is 0.936. The summed E-state index contributed by atoms with van der Waals surface area (Å²) in [6, 6.07) is 8.31. The number of carbonyl (C=O) groups excluding carboxylic acids is 1. The van der Waals surface area contributed by atoms with Gasteiger partial charge in [0.05, 0.1) is 11.4 Å². The molecule has 0 unspecified atom stereocenters. The van der Waals surface area contributed by atoms with Crippen LogP contribution < -0.4 is 0 Å². The van der Waals surface area contributed by atoms with Gasteiger partial charge in [-0.2, -0.15) is 0 Å². The second-order valence-electron chi connectivity index (χ2n) is 4.44. The Morgan fingerprint density at radius 2 is 2.00 bits per heavy atom. The van der Waals surface area contributed by atoms with Crippen LogP contribution in [-0.2, 0) is 4.79 Å². The average molecular weight is 292 g/mol. The number of rotatable bonds is 4. The molecule has 1 amide bonds. The SMILES string of the molecule is Cc1ccc(-c2csc(SCC(=O)N(C)C)n2)cc1. The number of nitrogens with zero attached hydrogens (tertiary/aromatic N) is 2. The van der Waals surface area contributed by atoms with Gasteiger partial charge in [-0.3, -0.25) is 4.79 Å². The molecular formula is C14H16N2OS2. The van der Waals surface area contributed by atoms with Crippen LogP contribution in [0.15, 0.2) is 34.0 Å². The standard InChI is InChI=1S/C14H16N2OS2/c1-10-4-6-11(7-5-10)12-8-18-14(15-12)19-9-13(17)16(2)3/h4-8H,9H2,1-3H3. The van der Waals surface area contributed by atoms with Gasteiger partial charge in [-0.1, -0.05) is 41.6 Å². The Hall–Kier alpha value is -1.33. The first-order chi connectivity index (χ1) is 9.06. The maximum atomic E-state index is 11.5. The Kier molecular flexibility index (Phi) is 4.61. The number of hydrogen-bond acceptors (Lipinski definition) is 4. The summed E-state index contributed by atoms with van der Waals surface area (Å²) in [7, 11) is 3.53. The van der Waals surface area contributed by atoms with Crippen molar-refractivity contribution in [3.63, 3.8) is 0 Å². The number of amides is 1. The highest BCUT2D eigenvalue weighted by Gasteiger charge is 2.09. The number of aryl methyl sites for hydroxylation is 1. The van der Waals surface area contributed by atoms with Gasteiger partial charge in [-0.25, -0.2) is 4.98 Å². The summed E-state index contributed by atoms with van der Waals surface area (Å²) in [5.74, 6) is 0.547. The summed E-state index contributed by atoms with van der Waals surface area (Å²) in [6.45, 7) is 2.07. The fourth-order valence-electron chi connectivity index (χ4n) is 1.43. The molecule has 0 atom stereocenters. The zero-order valence-corrected chi connectivity index (χ0v) is 12.8. The minimum absolute atomic E-state index is 0.108. The maximum Gasteiger partial charge on any atom is 0.232 e. The van der Waals surface area contributed by atoms with Crippen molar-refractivity contribution >= 4 is 29.0 Å². The van der Waals surface area contributed by atoms with E-state index in [1.165, 1.54) is 17.3 Å². The minimum atomic E-state index is 0.108. The summed E-state index contributed by atoms with van der Waals surface area (Å²) in [5, 5.41) is 2.03. The van der Waals surface area contributed by atoms with Crippen molar-refractivity contribution in [1.29, 1.82) is 0 Å². The van der Waals surface area contributed by atoms with Crippen LogP contribution in [0.2, 0.25) is 0 Å². The second-order valence-corrected chi connectivity index (χ2v) is 6.52. The Morgan fingerprint density at radius 3 is 2.63 bits per heavy atom. The molecule has 1 aromatic heterocycles. The van der Waals surface area contributed by atoms with Crippen LogP contribution >= 0.6 is 23.1 Å². The lowest BCUT2D eigenvalue weighted by molar-refractivity contribution is -0.125. The van der Waals surface area contributed by atoms with Crippen molar-refractivity contribution < 1.29 is 4.79 Å². The predicted molar refractivity (Wildman–Crippen MR) is 81.7 cm³/mol. The molecule has 0 saturated heterocycles. The first kappa shape index (κ1) is 14.1. The number of thiazole rings is 1. The van der Waals surface area contributed by atoms with Crippen molar-refractivity contribution in [3.05, 3.63) is 35.2 Å². The smallest absolute Gasteiger partial charge is 0.232 e. The van der Waals surface area contributed by atoms with E-state index in [1.807, 2.05) is 5.38 Å². The third-order valence-corrected chi connectivity index (χ3v) is 4.65. The van der Waals surface area contributed by atoms with Gasteiger partial charge in [-0.05, 0) is 6.92 Å². The number of benzene rings is 1. The van der Waals surface area contributed by atoms with Crippen LogP contribution in [0.3, 0.4) is 0 Å². The first-order valence-electron chi connectivity index (χ1n) is 5.92. The summed E-state index contributed by atoms with van der Waals surface area (Å²) >= 11 is 3.08. The van der Waals surface area contributed by atoms with Crippen LogP contribution in [0.25, 0.3) is 11.3 Å². The Balaban J connectivity index is 2.03. The fraction of sp³-hybridized carbons (Fsp3) is 0.286. The number of thioether (sulfide) groups is 1. The van der Waals surface area contributed by atoms with Crippen LogP contribution in [-0.4, -0.2) is 35.6 Å². The highest BCUT2D eigenvalue weighted by molar-refractivity contribution is 8.01. The van der Waals surface area contributed by atoms with E-state index >= 15 is 0 Å². The molecule has 2 rings (SSSR count). The molecule has 0 aliphatic carbocycles. The van der Waals surface area contributed by atoms with E-state index in [4.69, 9.17) is 0 Å². The molecule has 0 aliphatic heterocycles. The molecule has 1 heterocycles. The van der Waals surface area contributed by atoms with E-state index in [2.05, 4.69) is 36.2 Å². The van der Waals surface area contributed by atoms with Crippen molar-refractivity contribution in [1.82, 2.24) is 9.88 Å². The summed E-state index contributed by atoms with van der Waals surface area (Å²) in [4.78, 5) is 17.7. The van der Waals surface area contributed by atoms with E-state index in [0.717, 1.165) is 15.6 Å². The molecular weight excluding hydrogens is 276 g/mol. The van der Waals surface area contributed by atoms with Gasteiger partial charge in [0.1, 0.15) is 0 Å². The van der Waals surface area contributed by atoms with Gasteiger partial charge in [-0.15, -0.1) is 11.3 Å². The minimum Gasteiger partial charge on any atom is -0.348 e.